The molecule has 0 fully saturated rings. The van der Waals surface area contributed by atoms with E-state index in [4.69, 9.17) is 5.11 Å². The van der Waals surface area contributed by atoms with Gasteiger partial charge in [0.05, 0.1) is 5.92 Å². The Balaban J connectivity index is 1.90. The van der Waals surface area contributed by atoms with Crippen LogP contribution in [0.2, 0.25) is 0 Å². The summed E-state index contributed by atoms with van der Waals surface area (Å²) in [7, 11) is 0. The first-order valence-electron chi connectivity index (χ1n) is 8.32. The molecule has 0 bridgehead atoms. The van der Waals surface area contributed by atoms with Gasteiger partial charge in [0.2, 0.25) is 0 Å². The first-order chi connectivity index (χ1) is 10.2. The summed E-state index contributed by atoms with van der Waals surface area (Å²) in [5, 5.41) is 8.96. The van der Waals surface area contributed by atoms with Crippen LogP contribution in [0.1, 0.15) is 63.9 Å². The van der Waals surface area contributed by atoms with Gasteiger partial charge in [0.1, 0.15) is 0 Å². The number of hydrogen-bond acceptors (Lipinski definition) is 1. The highest BCUT2D eigenvalue weighted by Gasteiger charge is 2.13. The third-order valence-corrected chi connectivity index (χ3v) is 4.03. The second-order valence-corrected chi connectivity index (χ2v) is 5.77. The van der Waals surface area contributed by atoms with E-state index in [0.29, 0.717) is 0 Å². The Hall–Kier alpha value is -1.31. The number of carboxylic acid groups (broad SMARTS) is 1. The van der Waals surface area contributed by atoms with Crippen molar-refractivity contribution in [2.75, 3.05) is 0 Å². The van der Waals surface area contributed by atoms with Gasteiger partial charge >= 0.3 is 5.97 Å². The van der Waals surface area contributed by atoms with Crippen LogP contribution in [0.5, 0.6) is 0 Å². The van der Waals surface area contributed by atoms with E-state index in [1.165, 1.54) is 37.7 Å². The summed E-state index contributed by atoms with van der Waals surface area (Å²) >= 11 is 0. The van der Waals surface area contributed by atoms with Crippen LogP contribution in [0.25, 0.3) is 0 Å². The van der Waals surface area contributed by atoms with Crippen LogP contribution in [0.4, 0.5) is 0 Å². The van der Waals surface area contributed by atoms with Crippen LogP contribution in [0.3, 0.4) is 0 Å². The second kappa shape index (κ2) is 11.4. The van der Waals surface area contributed by atoms with Crippen molar-refractivity contribution in [3.63, 3.8) is 0 Å². The van der Waals surface area contributed by atoms with Crippen LogP contribution in [0, 0.1) is 12.3 Å². The second-order valence-electron chi connectivity index (χ2n) is 5.77. The molecule has 1 rings (SSSR count). The Morgan fingerprint density at radius 3 is 2.43 bits per heavy atom. The summed E-state index contributed by atoms with van der Waals surface area (Å²) in [6, 6.07) is 10.6. The Morgan fingerprint density at radius 2 is 1.76 bits per heavy atom. The molecule has 0 aliphatic carbocycles. The van der Waals surface area contributed by atoms with E-state index in [2.05, 4.69) is 36.8 Å². The monoisotopic (exact) mass is 289 g/mol. The van der Waals surface area contributed by atoms with Gasteiger partial charge in [-0.1, -0.05) is 69.4 Å². The van der Waals surface area contributed by atoms with Crippen molar-refractivity contribution in [3.05, 3.63) is 42.3 Å². The van der Waals surface area contributed by atoms with Crippen LogP contribution >= 0.6 is 0 Å². The molecule has 0 aromatic heterocycles. The maximum Gasteiger partial charge on any atom is 0.306 e. The first-order valence-corrected chi connectivity index (χ1v) is 8.32. The summed E-state index contributed by atoms with van der Waals surface area (Å²) in [6.45, 7) is 1.96. The van der Waals surface area contributed by atoms with E-state index >= 15 is 0 Å². The average Bonchev–Trinajstić information content (AvgIpc) is 2.50. The number of unbranched alkanes of at least 4 members (excludes halogenated alkanes) is 6. The zero-order valence-electron chi connectivity index (χ0n) is 13.3. The molecule has 1 unspecified atom stereocenters. The molecule has 2 heteroatoms. The lowest BCUT2D eigenvalue weighted by Gasteiger charge is -2.08. The maximum atomic E-state index is 10.9. The summed E-state index contributed by atoms with van der Waals surface area (Å²) in [5.41, 5.74) is 1.39. The lowest BCUT2D eigenvalue weighted by molar-refractivity contribution is -0.142. The predicted molar refractivity (Wildman–Crippen MR) is 88.2 cm³/mol. The highest BCUT2D eigenvalue weighted by Crippen LogP contribution is 2.15. The van der Waals surface area contributed by atoms with Crippen LogP contribution in [0.15, 0.2) is 30.3 Å². The zero-order valence-corrected chi connectivity index (χ0v) is 13.3. The van der Waals surface area contributed by atoms with Crippen molar-refractivity contribution in [1.82, 2.24) is 0 Å². The number of benzene rings is 1. The van der Waals surface area contributed by atoms with Crippen LogP contribution in [-0.2, 0) is 11.2 Å². The molecule has 1 aromatic rings. The van der Waals surface area contributed by atoms with Crippen LogP contribution < -0.4 is 0 Å². The molecule has 0 heterocycles. The number of aliphatic carboxylic acids is 1. The van der Waals surface area contributed by atoms with E-state index in [1.807, 2.05) is 6.92 Å². The minimum absolute atomic E-state index is 0.135. The van der Waals surface area contributed by atoms with Crippen molar-refractivity contribution in [1.29, 1.82) is 0 Å². The molecule has 21 heavy (non-hydrogen) atoms. The summed E-state index contributed by atoms with van der Waals surface area (Å²) < 4.78 is 0. The molecule has 1 N–H and O–H groups in total. The van der Waals surface area contributed by atoms with Gasteiger partial charge < -0.3 is 5.11 Å². The molecule has 0 aliphatic heterocycles. The van der Waals surface area contributed by atoms with Gasteiger partial charge in [0.15, 0.2) is 0 Å². The molecule has 1 radical (unpaired) electrons. The van der Waals surface area contributed by atoms with E-state index in [1.54, 1.807) is 0 Å². The molecule has 2 nitrogen and oxygen atoms in total. The van der Waals surface area contributed by atoms with Gasteiger partial charge in [-0.05, 0) is 37.7 Å². The van der Waals surface area contributed by atoms with E-state index in [9.17, 15) is 4.79 Å². The predicted octanol–water partition coefficient (Wildman–Crippen LogP) is 5.27. The standard InChI is InChI=1S/C19H29O2/c1-2-18(19(20)21)16-12-7-5-3-4-6-9-13-17-14-10-8-11-15-17/h8-11,14-15,18H,2-7,12-13,16H2,1H3,(H,20,21). The van der Waals surface area contributed by atoms with Gasteiger partial charge in [-0.15, -0.1) is 0 Å². The zero-order chi connectivity index (χ0) is 15.3. The Bertz CT molecular complexity index is 372. The SMILES string of the molecule is CCC(CCCCCCC[CH]Cc1ccccc1)C(=O)O. The van der Waals surface area contributed by atoms with Crippen molar-refractivity contribution >= 4 is 5.97 Å². The molecular formula is C19H29O2. The topological polar surface area (TPSA) is 37.3 Å². The fourth-order valence-corrected chi connectivity index (χ4v) is 2.59. The summed E-state index contributed by atoms with van der Waals surface area (Å²) in [6.07, 6.45) is 12.2. The third kappa shape index (κ3) is 8.54. The maximum absolute atomic E-state index is 10.9. The molecule has 1 atom stereocenters. The van der Waals surface area contributed by atoms with Gasteiger partial charge in [-0.3, -0.25) is 4.79 Å². The van der Waals surface area contributed by atoms with Crippen molar-refractivity contribution in [2.24, 2.45) is 5.92 Å². The molecule has 0 aliphatic rings. The Labute approximate surface area is 129 Å². The summed E-state index contributed by atoms with van der Waals surface area (Å²) in [4.78, 5) is 10.9. The fourth-order valence-electron chi connectivity index (χ4n) is 2.59. The fraction of sp³-hybridized carbons (Fsp3) is 0.579. The van der Waals surface area contributed by atoms with E-state index < -0.39 is 5.97 Å². The lowest BCUT2D eigenvalue weighted by Crippen LogP contribution is -2.12. The molecule has 0 amide bonds. The molecule has 1 aromatic carbocycles. The number of carbonyl (C=O) groups is 1. The number of carboxylic acids is 1. The van der Waals surface area contributed by atoms with Gasteiger partial charge in [-0.25, -0.2) is 0 Å². The molecule has 0 saturated carbocycles. The van der Waals surface area contributed by atoms with Crippen molar-refractivity contribution in [2.45, 2.75) is 64.7 Å². The number of hydrogen-bond donors (Lipinski definition) is 1. The normalized spacial score (nSPS) is 12.2. The van der Waals surface area contributed by atoms with Gasteiger partial charge in [0, 0.05) is 0 Å². The van der Waals surface area contributed by atoms with E-state index in [0.717, 1.165) is 25.7 Å². The smallest absolute Gasteiger partial charge is 0.306 e. The molecule has 117 valence electrons. The molecule has 0 saturated heterocycles. The minimum Gasteiger partial charge on any atom is -0.481 e. The highest BCUT2D eigenvalue weighted by molar-refractivity contribution is 5.69. The quantitative estimate of drug-likeness (QED) is 0.532. The Morgan fingerprint density at radius 1 is 1.10 bits per heavy atom. The third-order valence-electron chi connectivity index (χ3n) is 4.03. The minimum atomic E-state index is -0.631. The molecule has 0 spiro atoms. The first kappa shape index (κ1) is 17.7. The van der Waals surface area contributed by atoms with Crippen molar-refractivity contribution < 1.29 is 9.90 Å². The largest absolute Gasteiger partial charge is 0.481 e. The van der Waals surface area contributed by atoms with E-state index in [-0.39, 0.29) is 5.92 Å². The molecular weight excluding hydrogens is 260 g/mol. The van der Waals surface area contributed by atoms with Gasteiger partial charge in [-0.2, -0.15) is 0 Å². The Kier molecular flexibility index (Phi) is 9.60. The highest BCUT2D eigenvalue weighted by atomic mass is 16.4. The summed E-state index contributed by atoms with van der Waals surface area (Å²) in [5.74, 6) is -0.766. The average molecular weight is 289 g/mol. The van der Waals surface area contributed by atoms with Gasteiger partial charge in [0.25, 0.3) is 0 Å². The van der Waals surface area contributed by atoms with Crippen LogP contribution in [-0.4, -0.2) is 11.1 Å². The van der Waals surface area contributed by atoms with Crippen molar-refractivity contribution in [3.8, 4) is 0 Å². The lowest BCUT2D eigenvalue weighted by atomic mass is 9.98. The number of rotatable bonds is 12.